The molecular formula is C17H15N3O2. The van der Waals surface area contributed by atoms with E-state index in [0.29, 0.717) is 16.6 Å². The minimum absolute atomic E-state index is 0.107. The van der Waals surface area contributed by atoms with Crippen LogP contribution in [0, 0.1) is 6.92 Å². The SMILES string of the molecule is Cc1ccccc1NC(=O)c1nn(C)c2ccccc2c1=O. The van der Waals surface area contributed by atoms with E-state index in [1.165, 1.54) is 0 Å². The van der Waals surface area contributed by atoms with Crippen LogP contribution in [0.3, 0.4) is 0 Å². The third-order valence-corrected chi connectivity index (χ3v) is 3.57. The lowest BCUT2D eigenvalue weighted by atomic mass is 10.1. The zero-order valence-corrected chi connectivity index (χ0v) is 12.3. The predicted octanol–water partition coefficient (Wildman–Crippen LogP) is 2.49. The van der Waals surface area contributed by atoms with Crippen LogP contribution < -0.4 is 10.7 Å². The summed E-state index contributed by atoms with van der Waals surface area (Å²) < 4.78 is 1.55. The number of amides is 1. The van der Waals surface area contributed by atoms with Gasteiger partial charge in [-0.15, -0.1) is 0 Å². The van der Waals surface area contributed by atoms with E-state index in [1.807, 2.05) is 31.2 Å². The largest absolute Gasteiger partial charge is 0.320 e. The molecule has 5 heteroatoms. The Hall–Kier alpha value is -2.95. The molecule has 3 rings (SSSR count). The summed E-state index contributed by atoms with van der Waals surface area (Å²) >= 11 is 0. The van der Waals surface area contributed by atoms with E-state index in [-0.39, 0.29) is 11.1 Å². The maximum atomic E-state index is 12.5. The molecule has 1 heterocycles. The molecule has 0 fully saturated rings. The Morgan fingerprint density at radius 2 is 1.77 bits per heavy atom. The molecule has 5 nitrogen and oxygen atoms in total. The highest BCUT2D eigenvalue weighted by Gasteiger charge is 2.16. The van der Waals surface area contributed by atoms with Crippen LogP contribution in [0.25, 0.3) is 10.9 Å². The quantitative estimate of drug-likeness (QED) is 0.789. The van der Waals surface area contributed by atoms with Gasteiger partial charge in [0.05, 0.1) is 5.52 Å². The second-order valence-electron chi connectivity index (χ2n) is 5.09. The Morgan fingerprint density at radius 1 is 1.09 bits per heavy atom. The van der Waals surface area contributed by atoms with Gasteiger partial charge in [-0.1, -0.05) is 30.3 Å². The van der Waals surface area contributed by atoms with Crippen LogP contribution in [0.1, 0.15) is 16.1 Å². The first kappa shape index (κ1) is 14.0. The van der Waals surface area contributed by atoms with Crippen molar-refractivity contribution in [2.75, 3.05) is 5.32 Å². The average molecular weight is 293 g/mol. The molecule has 0 unspecified atom stereocenters. The van der Waals surface area contributed by atoms with Gasteiger partial charge in [-0.2, -0.15) is 5.10 Å². The lowest BCUT2D eigenvalue weighted by Crippen LogP contribution is -2.26. The third-order valence-electron chi connectivity index (χ3n) is 3.57. The monoisotopic (exact) mass is 293 g/mol. The van der Waals surface area contributed by atoms with Crippen molar-refractivity contribution >= 4 is 22.5 Å². The summed E-state index contributed by atoms with van der Waals surface area (Å²) in [4.78, 5) is 24.9. The first-order valence-corrected chi connectivity index (χ1v) is 6.91. The van der Waals surface area contributed by atoms with Crippen molar-refractivity contribution in [1.82, 2.24) is 9.78 Å². The molecule has 0 saturated heterocycles. The summed E-state index contributed by atoms with van der Waals surface area (Å²) in [5.74, 6) is -0.499. The van der Waals surface area contributed by atoms with Gasteiger partial charge in [-0.05, 0) is 30.7 Å². The highest BCUT2D eigenvalue weighted by molar-refractivity contribution is 6.04. The zero-order valence-electron chi connectivity index (χ0n) is 12.3. The summed E-state index contributed by atoms with van der Waals surface area (Å²) in [6.07, 6.45) is 0. The lowest BCUT2D eigenvalue weighted by Gasteiger charge is -2.09. The Kier molecular flexibility index (Phi) is 3.47. The van der Waals surface area contributed by atoms with Crippen molar-refractivity contribution in [3.8, 4) is 0 Å². The third kappa shape index (κ3) is 2.37. The molecule has 0 aliphatic carbocycles. The van der Waals surface area contributed by atoms with Gasteiger partial charge in [-0.3, -0.25) is 14.3 Å². The number of benzene rings is 2. The van der Waals surface area contributed by atoms with Crippen molar-refractivity contribution in [2.45, 2.75) is 6.92 Å². The van der Waals surface area contributed by atoms with E-state index in [2.05, 4.69) is 10.4 Å². The first-order valence-electron chi connectivity index (χ1n) is 6.91. The molecule has 0 atom stereocenters. The van der Waals surface area contributed by atoms with Crippen molar-refractivity contribution in [3.63, 3.8) is 0 Å². The smallest absolute Gasteiger partial charge is 0.280 e. The summed E-state index contributed by atoms with van der Waals surface area (Å²) in [5, 5.41) is 7.34. The van der Waals surface area contributed by atoms with Crippen LogP contribution in [0.4, 0.5) is 5.69 Å². The number of aromatic nitrogens is 2. The Labute approximate surface area is 127 Å². The van der Waals surface area contributed by atoms with E-state index in [0.717, 1.165) is 5.56 Å². The zero-order chi connectivity index (χ0) is 15.7. The molecule has 1 aromatic heterocycles. The van der Waals surface area contributed by atoms with Crippen LogP contribution in [0.5, 0.6) is 0 Å². The van der Waals surface area contributed by atoms with Gasteiger partial charge in [0.15, 0.2) is 5.69 Å². The van der Waals surface area contributed by atoms with Gasteiger partial charge in [0, 0.05) is 18.1 Å². The lowest BCUT2D eigenvalue weighted by molar-refractivity contribution is 0.101. The van der Waals surface area contributed by atoms with Crippen molar-refractivity contribution in [1.29, 1.82) is 0 Å². The molecule has 1 amide bonds. The van der Waals surface area contributed by atoms with Gasteiger partial charge in [0.2, 0.25) is 5.43 Å². The molecule has 3 aromatic rings. The van der Waals surface area contributed by atoms with E-state index in [9.17, 15) is 9.59 Å². The molecule has 0 spiro atoms. The maximum Gasteiger partial charge on any atom is 0.280 e. The maximum absolute atomic E-state index is 12.5. The highest BCUT2D eigenvalue weighted by Crippen LogP contribution is 2.14. The van der Waals surface area contributed by atoms with Gasteiger partial charge in [0.25, 0.3) is 5.91 Å². The van der Waals surface area contributed by atoms with Gasteiger partial charge >= 0.3 is 0 Å². The van der Waals surface area contributed by atoms with Crippen molar-refractivity contribution in [2.24, 2.45) is 7.05 Å². The van der Waals surface area contributed by atoms with Crippen LogP contribution >= 0.6 is 0 Å². The summed E-state index contributed by atoms with van der Waals surface area (Å²) in [7, 11) is 1.71. The molecule has 0 saturated carbocycles. The molecule has 0 radical (unpaired) electrons. The topological polar surface area (TPSA) is 64.0 Å². The second-order valence-corrected chi connectivity index (χ2v) is 5.09. The number of nitrogens with zero attached hydrogens (tertiary/aromatic N) is 2. The fraction of sp³-hybridized carbons (Fsp3) is 0.118. The van der Waals surface area contributed by atoms with E-state index >= 15 is 0 Å². The van der Waals surface area contributed by atoms with Crippen LogP contribution in [-0.4, -0.2) is 15.7 Å². The Bertz CT molecular complexity index is 929. The Balaban J connectivity index is 2.07. The number of fused-ring (bicyclic) bond motifs is 1. The molecule has 0 aliphatic heterocycles. The van der Waals surface area contributed by atoms with Gasteiger partial charge < -0.3 is 5.32 Å². The number of rotatable bonds is 2. The molecule has 0 bridgehead atoms. The molecule has 2 aromatic carbocycles. The average Bonchev–Trinajstić information content (AvgIpc) is 2.53. The minimum atomic E-state index is -0.499. The number of hydrogen-bond acceptors (Lipinski definition) is 3. The second kappa shape index (κ2) is 5.44. The fourth-order valence-electron chi connectivity index (χ4n) is 2.37. The number of hydrogen-bond donors (Lipinski definition) is 1. The summed E-state index contributed by atoms with van der Waals surface area (Å²) in [6, 6.07) is 14.5. The van der Waals surface area contributed by atoms with Crippen molar-refractivity contribution in [3.05, 3.63) is 70.0 Å². The fourth-order valence-corrected chi connectivity index (χ4v) is 2.37. The minimum Gasteiger partial charge on any atom is -0.320 e. The first-order chi connectivity index (χ1) is 10.6. The number of anilines is 1. The van der Waals surface area contributed by atoms with Gasteiger partial charge in [-0.25, -0.2) is 0 Å². The van der Waals surface area contributed by atoms with E-state index < -0.39 is 5.91 Å². The highest BCUT2D eigenvalue weighted by atomic mass is 16.2. The molecule has 110 valence electrons. The van der Waals surface area contributed by atoms with Crippen LogP contribution in [0.15, 0.2) is 53.3 Å². The molecule has 0 aliphatic rings. The summed E-state index contributed by atoms with van der Waals surface area (Å²) in [6.45, 7) is 1.89. The number of carbonyl (C=O) groups excluding carboxylic acids is 1. The number of carbonyl (C=O) groups is 1. The number of aryl methyl sites for hydroxylation is 2. The number of para-hydroxylation sites is 2. The standard InChI is InChI=1S/C17H15N3O2/c1-11-7-3-5-9-13(11)18-17(22)15-16(21)12-8-4-6-10-14(12)20(2)19-15/h3-10H,1-2H3,(H,18,22). The van der Waals surface area contributed by atoms with Crippen molar-refractivity contribution < 1.29 is 4.79 Å². The van der Waals surface area contributed by atoms with E-state index in [1.54, 1.807) is 36.0 Å². The van der Waals surface area contributed by atoms with Crippen LogP contribution in [0.2, 0.25) is 0 Å². The predicted molar refractivity (Wildman–Crippen MR) is 86.1 cm³/mol. The molecular weight excluding hydrogens is 278 g/mol. The molecule has 1 N–H and O–H groups in total. The molecule has 22 heavy (non-hydrogen) atoms. The normalized spacial score (nSPS) is 10.6. The van der Waals surface area contributed by atoms with Crippen LogP contribution in [-0.2, 0) is 7.05 Å². The van der Waals surface area contributed by atoms with E-state index in [4.69, 9.17) is 0 Å². The van der Waals surface area contributed by atoms with Gasteiger partial charge in [0.1, 0.15) is 0 Å². The Morgan fingerprint density at radius 3 is 2.55 bits per heavy atom. The summed E-state index contributed by atoms with van der Waals surface area (Å²) in [5.41, 5.74) is 1.82. The number of nitrogens with one attached hydrogen (secondary N) is 1.